The van der Waals surface area contributed by atoms with Crippen LogP contribution in [0.2, 0.25) is 0 Å². The summed E-state index contributed by atoms with van der Waals surface area (Å²) in [5.74, 6) is 0.951. The van der Waals surface area contributed by atoms with Crippen molar-refractivity contribution in [3.05, 3.63) is 23.7 Å². The van der Waals surface area contributed by atoms with Gasteiger partial charge in [0, 0.05) is 25.2 Å². The Bertz CT molecular complexity index is 717. The lowest BCUT2D eigenvalue weighted by Crippen LogP contribution is -2.37. The van der Waals surface area contributed by atoms with Crippen LogP contribution in [0.25, 0.3) is 11.2 Å². The topological polar surface area (TPSA) is 59.8 Å². The molecule has 1 amide bonds. The van der Waals surface area contributed by atoms with E-state index in [1.54, 1.807) is 0 Å². The predicted octanol–water partition coefficient (Wildman–Crippen LogP) is 3.40. The fourth-order valence-electron chi connectivity index (χ4n) is 3.03. The molecule has 0 saturated heterocycles. The molecule has 5 heteroatoms. The molecule has 1 N–H and O–H groups in total. The van der Waals surface area contributed by atoms with Gasteiger partial charge in [-0.2, -0.15) is 0 Å². The second-order valence-corrected chi connectivity index (χ2v) is 6.92. The average Bonchev–Trinajstić information content (AvgIpc) is 3.32. The van der Waals surface area contributed by atoms with Gasteiger partial charge in [-0.1, -0.05) is 20.3 Å². The maximum Gasteiger partial charge on any atom is 0.255 e. The molecule has 2 aromatic rings. The SMILES string of the molecule is CCCC(C)C(C)NC(=O)c1cn(C)c2ncc(C3CC3)nc12. The Balaban J connectivity index is 1.86. The van der Waals surface area contributed by atoms with E-state index in [2.05, 4.69) is 31.1 Å². The summed E-state index contributed by atoms with van der Waals surface area (Å²) in [5, 5.41) is 3.13. The van der Waals surface area contributed by atoms with Crippen LogP contribution in [0.15, 0.2) is 12.4 Å². The Kier molecular flexibility index (Phi) is 4.37. The van der Waals surface area contributed by atoms with Gasteiger partial charge in [0.05, 0.1) is 17.5 Å². The zero-order valence-electron chi connectivity index (χ0n) is 14.5. The van der Waals surface area contributed by atoms with Crippen molar-refractivity contribution in [2.45, 2.75) is 58.4 Å². The van der Waals surface area contributed by atoms with Gasteiger partial charge in [-0.15, -0.1) is 0 Å². The maximum absolute atomic E-state index is 12.7. The van der Waals surface area contributed by atoms with Crippen molar-refractivity contribution < 1.29 is 4.79 Å². The average molecular weight is 314 g/mol. The van der Waals surface area contributed by atoms with Gasteiger partial charge in [-0.05, 0) is 32.1 Å². The third-order valence-electron chi connectivity index (χ3n) is 4.88. The Morgan fingerprint density at radius 2 is 2.17 bits per heavy atom. The zero-order valence-corrected chi connectivity index (χ0v) is 14.5. The molecule has 124 valence electrons. The number of fused-ring (bicyclic) bond motifs is 1. The highest BCUT2D eigenvalue weighted by Gasteiger charge is 2.27. The monoisotopic (exact) mass is 314 g/mol. The van der Waals surface area contributed by atoms with Gasteiger partial charge in [0.1, 0.15) is 5.52 Å². The smallest absolute Gasteiger partial charge is 0.255 e. The van der Waals surface area contributed by atoms with Gasteiger partial charge in [-0.25, -0.2) is 9.97 Å². The fraction of sp³-hybridized carbons (Fsp3) is 0.611. The highest BCUT2D eigenvalue weighted by molar-refractivity contribution is 6.04. The van der Waals surface area contributed by atoms with Crippen molar-refractivity contribution in [2.75, 3.05) is 0 Å². The second kappa shape index (κ2) is 6.30. The van der Waals surface area contributed by atoms with Gasteiger partial charge < -0.3 is 9.88 Å². The van der Waals surface area contributed by atoms with E-state index in [4.69, 9.17) is 4.98 Å². The first-order chi connectivity index (χ1) is 11.0. The number of hydrogen-bond acceptors (Lipinski definition) is 3. The minimum absolute atomic E-state index is 0.0479. The standard InChI is InChI=1S/C18H26N4O/c1-5-6-11(2)12(3)20-18(23)14-10-22(4)17-16(14)21-15(9-19-17)13-7-8-13/h9-13H,5-8H2,1-4H3,(H,20,23). The molecule has 0 aliphatic heterocycles. The summed E-state index contributed by atoms with van der Waals surface area (Å²) in [6.45, 7) is 6.43. The van der Waals surface area contributed by atoms with E-state index < -0.39 is 0 Å². The minimum Gasteiger partial charge on any atom is -0.349 e. The number of aromatic nitrogens is 3. The number of nitrogens with one attached hydrogen (secondary N) is 1. The zero-order chi connectivity index (χ0) is 16.6. The van der Waals surface area contributed by atoms with Gasteiger partial charge in [0.2, 0.25) is 0 Å². The molecule has 0 radical (unpaired) electrons. The first kappa shape index (κ1) is 16.0. The van der Waals surface area contributed by atoms with Crippen molar-refractivity contribution in [3.63, 3.8) is 0 Å². The molecule has 2 unspecified atom stereocenters. The molecule has 0 spiro atoms. The summed E-state index contributed by atoms with van der Waals surface area (Å²) in [6, 6.07) is 0.150. The Labute approximate surface area is 137 Å². The minimum atomic E-state index is -0.0479. The third-order valence-corrected chi connectivity index (χ3v) is 4.88. The molecule has 1 aliphatic carbocycles. The molecule has 2 atom stereocenters. The molecule has 0 aromatic carbocycles. The molecular formula is C18H26N4O. The Hall–Kier alpha value is -1.91. The van der Waals surface area contributed by atoms with Crippen LogP contribution in [0.5, 0.6) is 0 Å². The largest absolute Gasteiger partial charge is 0.349 e. The van der Waals surface area contributed by atoms with Crippen LogP contribution < -0.4 is 5.32 Å². The van der Waals surface area contributed by atoms with Crippen molar-refractivity contribution in [1.82, 2.24) is 19.9 Å². The van der Waals surface area contributed by atoms with E-state index in [1.165, 1.54) is 12.8 Å². The lowest BCUT2D eigenvalue weighted by atomic mass is 9.98. The molecule has 0 bridgehead atoms. The van der Waals surface area contributed by atoms with Gasteiger partial charge in [0.15, 0.2) is 5.65 Å². The number of carbonyl (C=O) groups excluding carboxylic acids is 1. The van der Waals surface area contributed by atoms with Crippen LogP contribution in [0.3, 0.4) is 0 Å². The van der Waals surface area contributed by atoms with Crippen molar-refractivity contribution >= 4 is 17.1 Å². The number of amides is 1. The highest BCUT2D eigenvalue weighted by atomic mass is 16.1. The molecule has 2 aromatic heterocycles. The van der Waals surface area contributed by atoms with Crippen LogP contribution in [0.4, 0.5) is 0 Å². The summed E-state index contributed by atoms with van der Waals surface area (Å²) in [6.07, 6.45) is 8.30. The molecule has 2 heterocycles. The number of nitrogens with zero attached hydrogens (tertiary/aromatic N) is 3. The molecule has 3 rings (SSSR count). The van der Waals surface area contributed by atoms with Crippen molar-refractivity contribution in [2.24, 2.45) is 13.0 Å². The highest BCUT2D eigenvalue weighted by Crippen LogP contribution is 2.39. The van der Waals surface area contributed by atoms with Crippen LogP contribution in [-0.2, 0) is 7.05 Å². The van der Waals surface area contributed by atoms with Crippen LogP contribution in [-0.4, -0.2) is 26.5 Å². The van der Waals surface area contributed by atoms with Crippen molar-refractivity contribution in [3.8, 4) is 0 Å². The lowest BCUT2D eigenvalue weighted by molar-refractivity contribution is 0.0928. The molecular weight excluding hydrogens is 288 g/mol. The van der Waals surface area contributed by atoms with Crippen molar-refractivity contribution in [1.29, 1.82) is 0 Å². The second-order valence-electron chi connectivity index (χ2n) is 6.92. The van der Waals surface area contributed by atoms with Crippen LogP contribution in [0, 0.1) is 5.92 Å². The number of rotatable bonds is 6. The number of aryl methyl sites for hydroxylation is 1. The Morgan fingerprint density at radius 1 is 1.43 bits per heavy atom. The van der Waals surface area contributed by atoms with E-state index in [1.807, 2.05) is 24.0 Å². The normalized spacial score (nSPS) is 17.2. The van der Waals surface area contributed by atoms with Gasteiger partial charge in [0.25, 0.3) is 5.91 Å². The first-order valence-corrected chi connectivity index (χ1v) is 8.64. The van der Waals surface area contributed by atoms with Gasteiger partial charge >= 0.3 is 0 Å². The van der Waals surface area contributed by atoms with Crippen LogP contribution in [0.1, 0.15) is 68.4 Å². The van der Waals surface area contributed by atoms with E-state index >= 15 is 0 Å². The van der Waals surface area contributed by atoms with E-state index in [-0.39, 0.29) is 11.9 Å². The molecule has 23 heavy (non-hydrogen) atoms. The summed E-state index contributed by atoms with van der Waals surface area (Å²) < 4.78 is 1.88. The fourth-order valence-corrected chi connectivity index (χ4v) is 3.03. The summed E-state index contributed by atoms with van der Waals surface area (Å²) >= 11 is 0. The van der Waals surface area contributed by atoms with E-state index in [9.17, 15) is 4.79 Å². The number of carbonyl (C=O) groups is 1. The van der Waals surface area contributed by atoms with Gasteiger partial charge in [-0.3, -0.25) is 4.79 Å². The summed E-state index contributed by atoms with van der Waals surface area (Å²) in [7, 11) is 1.91. The first-order valence-electron chi connectivity index (χ1n) is 8.64. The molecule has 5 nitrogen and oxygen atoms in total. The molecule has 1 aliphatic rings. The summed E-state index contributed by atoms with van der Waals surface area (Å²) in [4.78, 5) is 21.9. The predicted molar refractivity (Wildman–Crippen MR) is 91.5 cm³/mol. The van der Waals surface area contributed by atoms with Crippen LogP contribution >= 0.6 is 0 Å². The third kappa shape index (κ3) is 3.23. The lowest BCUT2D eigenvalue weighted by Gasteiger charge is -2.20. The molecule has 1 fully saturated rings. The van der Waals surface area contributed by atoms with E-state index in [0.29, 0.717) is 17.4 Å². The maximum atomic E-state index is 12.7. The quantitative estimate of drug-likeness (QED) is 0.889. The number of hydrogen-bond donors (Lipinski definition) is 1. The Morgan fingerprint density at radius 3 is 2.83 bits per heavy atom. The molecule has 1 saturated carbocycles. The van der Waals surface area contributed by atoms with E-state index in [0.717, 1.165) is 29.7 Å². The summed E-state index contributed by atoms with van der Waals surface area (Å²) in [5.41, 5.74) is 3.15.